The molecule has 27 heavy (non-hydrogen) atoms. The summed E-state index contributed by atoms with van der Waals surface area (Å²) >= 11 is 5.24. The van der Waals surface area contributed by atoms with Gasteiger partial charge in [0.2, 0.25) is 0 Å². The Morgan fingerprint density at radius 3 is 2.67 bits per heavy atom. The Bertz CT molecular complexity index is 800. The second-order valence-electron chi connectivity index (χ2n) is 8.80. The number of aromatic nitrogens is 1. The highest BCUT2D eigenvalue weighted by atomic mass is 79.9. The molecule has 4 saturated carbocycles. The normalized spacial score (nSPS) is 34.9. The van der Waals surface area contributed by atoms with Crippen LogP contribution in [-0.2, 0) is 14.3 Å². The third-order valence-electron chi connectivity index (χ3n) is 6.34. The number of rotatable bonds is 6. The molecule has 0 radical (unpaired) electrons. The minimum atomic E-state index is -0.957. The van der Waals surface area contributed by atoms with E-state index in [1.165, 1.54) is 30.6 Å². The van der Waals surface area contributed by atoms with E-state index in [-0.39, 0.29) is 22.3 Å². The molecule has 1 heterocycles. The predicted molar refractivity (Wildman–Crippen MR) is 105 cm³/mol. The number of nitriles is 1. The van der Waals surface area contributed by atoms with E-state index < -0.39 is 11.7 Å². The molecule has 4 aliphatic carbocycles. The number of ether oxygens (including phenoxy) is 1. The fraction of sp³-hybridized carbons (Fsp3) is 0.700. The van der Waals surface area contributed by atoms with Gasteiger partial charge in [-0.2, -0.15) is 5.26 Å². The average Bonchev–Trinajstić information content (AvgIpc) is 2.97. The number of Topliss-reactive ketones (excluding diaryl/α,β-unsaturated/α-hetero) is 1. The molecule has 1 aromatic rings. The van der Waals surface area contributed by atoms with Gasteiger partial charge >= 0.3 is 5.97 Å². The fourth-order valence-electron chi connectivity index (χ4n) is 5.90. The average molecular weight is 451 g/mol. The van der Waals surface area contributed by atoms with E-state index in [4.69, 9.17) is 4.74 Å². The van der Waals surface area contributed by atoms with Crippen molar-refractivity contribution in [3.63, 3.8) is 0 Å². The van der Waals surface area contributed by atoms with E-state index in [9.17, 15) is 14.9 Å². The van der Waals surface area contributed by atoms with Crippen LogP contribution < -0.4 is 0 Å². The third kappa shape index (κ3) is 3.84. The van der Waals surface area contributed by atoms with Crippen LogP contribution in [0.5, 0.6) is 0 Å². The van der Waals surface area contributed by atoms with Crippen LogP contribution in [0.4, 0.5) is 0 Å². The maximum absolute atomic E-state index is 12.5. The lowest BCUT2D eigenvalue weighted by Gasteiger charge is -2.60. The van der Waals surface area contributed by atoms with E-state index in [1.807, 2.05) is 18.4 Å². The minimum Gasteiger partial charge on any atom is -0.458 e. The van der Waals surface area contributed by atoms with E-state index >= 15 is 0 Å². The highest BCUT2D eigenvalue weighted by Gasteiger charge is 2.57. The maximum atomic E-state index is 12.5. The molecule has 0 aliphatic heterocycles. The van der Waals surface area contributed by atoms with Crippen molar-refractivity contribution in [1.29, 1.82) is 5.26 Å². The van der Waals surface area contributed by atoms with Crippen LogP contribution >= 0.6 is 27.3 Å². The molecular weight excluding hydrogens is 428 g/mol. The van der Waals surface area contributed by atoms with Gasteiger partial charge in [-0.3, -0.25) is 9.59 Å². The molecule has 1 aromatic heterocycles. The molecule has 0 saturated heterocycles. The maximum Gasteiger partial charge on any atom is 0.306 e. The summed E-state index contributed by atoms with van der Waals surface area (Å²) in [7, 11) is 0. The molecule has 144 valence electrons. The highest BCUT2D eigenvalue weighted by molar-refractivity contribution is 9.10. The third-order valence-corrected chi connectivity index (χ3v) is 8.30. The number of nitrogens with zero attached hydrogens (tertiary/aromatic N) is 2. The summed E-state index contributed by atoms with van der Waals surface area (Å²) in [5, 5.41) is 11.6. The number of carbonyl (C=O) groups is 2. The molecule has 5 rings (SSSR count). The molecule has 5 nitrogen and oxygen atoms in total. The number of hydrogen-bond acceptors (Lipinski definition) is 6. The Morgan fingerprint density at radius 1 is 1.41 bits per heavy atom. The molecule has 4 aliphatic rings. The lowest BCUT2D eigenvalue weighted by atomic mass is 9.49. The van der Waals surface area contributed by atoms with Crippen molar-refractivity contribution in [2.45, 2.75) is 62.1 Å². The Kier molecular flexibility index (Phi) is 4.92. The first-order chi connectivity index (χ1) is 12.8. The van der Waals surface area contributed by atoms with Gasteiger partial charge < -0.3 is 4.74 Å². The molecule has 0 unspecified atom stereocenters. The van der Waals surface area contributed by atoms with Crippen molar-refractivity contribution in [1.82, 2.24) is 4.98 Å². The van der Waals surface area contributed by atoms with Crippen LogP contribution in [-0.4, -0.2) is 27.7 Å². The van der Waals surface area contributed by atoms with Gasteiger partial charge in [-0.15, -0.1) is 11.3 Å². The van der Waals surface area contributed by atoms with Crippen LogP contribution in [0.25, 0.3) is 0 Å². The molecule has 3 atom stereocenters. The lowest BCUT2D eigenvalue weighted by molar-refractivity contribution is -0.154. The van der Waals surface area contributed by atoms with Gasteiger partial charge in [0.1, 0.15) is 5.01 Å². The fourth-order valence-corrected chi connectivity index (χ4v) is 8.28. The van der Waals surface area contributed by atoms with Crippen LogP contribution in [0.15, 0.2) is 5.38 Å². The predicted octanol–water partition coefficient (Wildman–Crippen LogP) is 4.30. The summed E-state index contributed by atoms with van der Waals surface area (Å²) in [4.78, 5) is 29.1. The number of aryl methyl sites for hydroxylation is 1. The second-order valence-corrected chi connectivity index (χ2v) is 11.4. The number of esters is 1. The Balaban J connectivity index is 1.35. The van der Waals surface area contributed by atoms with Crippen LogP contribution in [0.1, 0.15) is 61.6 Å². The molecule has 0 spiro atoms. The first kappa shape index (κ1) is 19.1. The standard InChI is InChI=1S/C20H23BrN2O3S/c1-12-10-27-18(23-12)15(8-22)16(24)9-26-17(25)7-19-3-13-2-14(4-19)6-20(21,5-13)11-19/h10,13-15H,2-7,9,11H2,1H3/t13-,14-,15+,19?,20?/m1/s1. The molecular formula is C20H23BrN2O3S. The molecule has 0 N–H and O–H groups in total. The zero-order valence-electron chi connectivity index (χ0n) is 15.4. The Morgan fingerprint density at radius 2 is 2.11 bits per heavy atom. The van der Waals surface area contributed by atoms with Gasteiger partial charge in [-0.1, -0.05) is 15.9 Å². The lowest BCUT2D eigenvalue weighted by Crippen LogP contribution is -2.53. The number of carbonyl (C=O) groups excluding carboxylic acids is 2. The first-order valence-corrected chi connectivity index (χ1v) is 11.2. The van der Waals surface area contributed by atoms with Crippen LogP contribution in [0.2, 0.25) is 0 Å². The van der Waals surface area contributed by atoms with Crippen molar-refractivity contribution in [3.05, 3.63) is 16.1 Å². The van der Waals surface area contributed by atoms with E-state index in [0.29, 0.717) is 23.3 Å². The van der Waals surface area contributed by atoms with Gasteiger partial charge in [0, 0.05) is 15.4 Å². The largest absolute Gasteiger partial charge is 0.458 e. The summed E-state index contributed by atoms with van der Waals surface area (Å²) in [6.45, 7) is 1.47. The Labute approximate surface area is 171 Å². The molecule has 0 amide bonds. The monoisotopic (exact) mass is 450 g/mol. The minimum absolute atomic E-state index is 0.0226. The number of thiazole rings is 1. The molecule has 7 heteroatoms. The first-order valence-electron chi connectivity index (χ1n) is 9.49. The second kappa shape index (κ2) is 6.97. The zero-order chi connectivity index (χ0) is 19.2. The van der Waals surface area contributed by atoms with Crippen molar-refractivity contribution in [2.75, 3.05) is 6.61 Å². The van der Waals surface area contributed by atoms with E-state index in [2.05, 4.69) is 20.9 Å². The van der Waals surface area contributed by atoms with Gasteiger partial charge in [0.25, 0.3) is 0 Å². The number of ketones is 1. The van der Waals surface area contributed by atoms with Crippen molar-refractivity contribution < 1.29 is 14.3 Å². The van der Waals surface area contributed by atoms with Crippen molar-refractivity contribution in [3.8, 4) is 6.07 Å². The summed E-state index contributed by atoms with van der Waals surface area (Å²) in [5.74, 6) is -0.259. The highest BCUT2D eigenvalue weighted by Crippen LogP contribution is 2.65. The SMILES string of the molecule is Cc1csc([C@@H](C#N)C(=O)COC(=O)CC23C[C@H]4C[C@@H](CC(Br)(C4)C2)C3)n1. The van der Waals surface area contributed by atoms with Crippen molar-refractivity contribution in [2.24, 2.45) is 17.3 Å². The summed E-state index contributed by atoms with van der Waals surface area (Å²) in [5.41, 5.74) is 0.806. The van der Waals surface area contributed by atoms with Gasteiger partial charge in [-0.25, -0.2) is 4.98 Å². The quantitative estimate of drug-likeness (QED) is 0.476. The zero-order valence-corrected chi connectivity index (χ0v) is 17.8. The molecule has 4 fully saturated rings. The van der Waals surface area contributed by atoms with Crippen molar-refractivity contribution >= 4 is 39.0 Å². The number of halogens is 1. The van der Waals surface area contributed by atoms with Gasteiger partial charge in [0.05, 0.1) is 12.5 Å². The number of alkyl halides is 1. The van der Waals surface area contributed by atoms with E-state index in [1.54, 1.807) is 0 Å². The Hall–Kier alpha value is -1.26. The number of hydrogen-bond donors (Lipinski definition) is 0. The van der Waals surface area contributed by atoms with Crippen LogP contribution in [0, 0.1) is 35.5 Å². The summed E-state index contributed by atoms with van der Waals surface area (Å²) in [6.07, 6.45) is 7.33. The van der Waals surface area contributed by atoms with E-state index in [0.717, 1.165) is 25.0 Å². The van der Waals surface area contributed by atoms with Crippen LogP contribution in [0.3, 0.4) is 0 Å². The smallest absolute Gasteiger partial charge is 0.306 e. The molecule has 4 bridgehead atoms. The van der Waals surface area contributed by atoms with Gasteiger partial charge in [0.15, 0.2) is 18.3 Å². The van der Waals surface area contributed by atoms with Gasteiger partial charge in [-0.05, 0) is 62.7 Å². The summed E-state index contributed by atoms with van der Waals surface area (Å²) in [6, 6.07) is 1.99. The summed E-state index contributed by atoms with van der Waals surface area (Å²) < 4.78 is 5.51. The molecule has 0 aromatic carbocycles. The topological polar surface area (TPSA) is 80.0 Å².